The largest absolute Gasteiger partial charge is 0.398 e. The third-order valence-electron chi connectivity index (χ3n) is 3.53. The van der Waals surface area contributed by atoms with Crippen molar-refractivity contribution in [3.8, 4) is 0 Å². The molecule has 1 aromatic carbocycles. The molecular formula is C14H15N3O4. The number of rotatable bonds is 2. The third kappa shape index (κ3) is 2.16. The Balaban J connectivity index is 2.38. The van der Waals surface area contributed by atoms with Gasteiger partial charge in [-0.3, -0.25) is 29.0 Å². The van der Waals surface area contributed by atoms with Gasteiger partial charge < -0.3 is 5.73 Å². The SMILES string of the molecule is CC(=O)N(C)C(=O)C(C)N1C(=O)c2cccc(N)c2C1=O. The van der Waals surface area contributed by atoms with E-state index >= 15 is 0 Å². The summed E-state index contributed by atoms with van der Waals surface area (Å²) in [5.74, 6) is -2.30. The molecule has 1 heterocycles. The summed E-state index contributed by atoms with van der Waals surface area (Å²) in [4.78, 5) is 49.7. The van der Waals surface area contributed by atoms with E-state index < -0.39 is 29.7 Å². The van der Waals surface area contributed by atoms with Crippen molar-refractivity contribution in [3.63, 3.8) is 0 Å². The number of nitrogens with zero attached hydrogens (tertiary/aromatic N) is 2. The fraction of sp³-hybridized carbons (Fsp3) is 0.286. The lowest BCUT2D eigenvalue weighted by atomic mass is 10.1. The van der Waals surface area contributed by atoms with Crippen molar-refractivity contribution in [3.05, 3.63) is 29.3 Å². The first-order chi connectivity index (χ1) is 9.77. The van der Waals surface area contributed by atoms with Crippen molar-refractivity contribution in [2.45, 2.75) is 19.9 Å². The third-order valence-corrected chi connectivity index (χ3v) is 3.53. The van der Waals surface area contributed by atoms with E-state index in [1.54, 1.807) is 6.07 Å². The van der Waals surface area contributed by atoms with E-state index in [4.69, 9.17) is 5.73 Å². The molecule has 0 bridgehead atoms. The number of likely N-dealkylation sites (N-methyl/N-ethyl adjacent to an activating group) is 1. The molecule has 2 N–H and O–H groups in total. The first-order valence-electron chi connectivity index (χ1n) is 6.32. The van der Waals surface area contributed by atoms with E-state index in [1.165, 1.54) is 33.0 Å². The quantitative estimate of drug-likeness (QED) is 0.621. The second kappa shape index (κ2) is 5.01. The van der Waals surface area contributed by atoms with Crippen LogP contribution in [0.1, 0.15) is 34.6 Å². The molecule has 7 nitrogen and oxygen atoms in total. The molecule has 0 fully saturated rings. The molecule has 7 heteroatoms. The second-order valence-electron chi connectivity index (χ2n) is 4.84. The summed E-state index contributed by atoms with van der Waals surface area (Å²) < 4.78 is 0. The molecular weight excluding hydrogens is 274 g/mol. The standard InChI is InChI=1S/C14H15N3O4/c1-7(12(19)16(3)8(2)18)17-13(20)9-5-4-6-10(15)11(9)14(17)21/h4-7H,15H2,1-3H3. The molecule has 1 aliphatic rings. The Bertz CT molecular complexity index is 668. The van der Waals surface area contributed by atoms with Gasteiger partial charge in [0.2, 0.25) is 5.91 Å². The minimum atomic E-state index is -1.08. The number of nitrogen functional groups attached to an aromatic ring is 1. The van der Waals surface area contributed by atoms with Crippen molar-refractivity contribution in [1.82, 2.24) is 9.80 Å². The molecule has 110 valence electrons. The number of benzene rings is 1. The number of carbonyl (C=O) groups is 4. The normalized spacial score (nSPS) is 14.9. The molecule has 0 aliphatic carbocycles. The van der Waals surface area contributed by atoms with E-state index in [-0.39, 0.29) is 16.8 Å². The summed E-state index contributed by atoms with van der Waals surface area (Å²) in [5.41, 5.74) is 6.19. The maximum atomic E-state index is 12.3. The molecule has 2 rings (SSSR count). The van der Waals surface area contributed by atoms with Crippen LogP contribution in [-0.2, 0) is 9.59 Å². The summed E-state index contributed by atoms with van der Waals surface area (Å²) >= 11 is 0. The maximum Gasteiger partial charge on any atom is 0.264 e. The van der Waals surface area contributed by atoms with Gasteiger partial charge >= 0.3 is 0 Å². The van der Waals surface area contributed by atoms with Crippen molar-refractivity contribution < 1.29 is 19.2 Å². The Morgan fingerprint density at radius 1 is 1.24 bits per heavy atom. The smallest absolute Gasteiger partial charge is 0.264 e. The van der Waals surface area contributed by atoms with Gasteiger partial charge in [-0.1, -0.05) is 6.07 Å². The zero-order valence-electron chi connectivity index (χ0n) is 11.9. The number of amides is 4. The fourth-order valence-corrected chi connectivity index (χ4v) is 2.23. The highest BCUT2D eigenvalue weighted by molar-refractivity contribution is 6.25. The van der Waals surface area contributed by atoms with Gasteiger partial charge in [0.15, 0.2) is 0 Å². The Morgan fingerprint density at radius 2 is 1.86 bits per heavy atom. The monoisotopic (exact) mass is 289 g/mol. The molecule has 4 amide bonds. The molecule has 1 aliphatic heterocycles. The molecule has 0 radical (unpaired) electrons. The molecule has 1 unspecified atom stereocenters. The van der Waals surface area contributed by atoms with Crippen molar-refractivity contribution >= 4 is 29.3 Å². The first kappa shape index (κ1) is 14.7. The van der Waals surface area contributed by atoms with Crippen LogP contribution in [-0.4, -0.2) is 46.5 Å². The minimum Gasteiger partial charge on any atom is -0.398 e. The number of hydrogen-bond acceptors (Lipinski definition) is 5. The average molecular weight is 289 g/mol. The fourth-order valence-electron chi connectivity index (χ4n) is 2.23. The Hall–Kier alpha value is -2.70. The summed E-state index contributed by atoms with van der Waals surface area (Å²) in [6.07, 6.45) is 0. The van der Waals surface area contributed by atoms with Gasteiger partial charge in [-0.2, -0.15) is 0 Å². The lowest BCUT2D eigenvalue weighted by Crippen LogP contribution is -2.49. The highest BCUT2D eigenvalue weighted by Crippen LogP contribution is 2.29. The summed E-state index contributed by atoms with van der Waals surface area (Å²) in [6.45, 7) is 2.63. The van der Waals surface area contributed by atoms with Crippen molar-refractivity contribution in [2.24, 2.45) is 0 Å². The predicted octanol–water partition coefficient (Wildman–Crippen LogP) is 0.258. The van der Waals surface area contributed by atoms with Crippen LogP contribution in [0.15, 0.2) is 18.2 Å². The van der Waals surface area contributed by atoms with Crippen LogP contribution in [0.3, 0.4) is 0 Å². The number of fused-ring (bicyclic) bond motifs is 1. The van der Waals surface area contributed by atoms with E-state index in [1.807, 2.05) is 0 Å². The highest BCUT2D eigenvalue weighted by atomic mass is 16.2. The summed E-state index contributed by atoms with van der Waals surface area (Å²) in [6, 6.07) is 3.49. The lowest BCUT2D eigenvalue weighted by Gasteiger charge is -2.25. The van der Waals surface area contributed by atoms with Crippen LogP contribution in [0.2, 0.25) is 0 Å². The lowest BCUT2D eigenvalue weighted by molar-refractivity contribution is -0.144. The van der Waals surface area contributed by atoms with Crippen molar-refractivity contribution in [1.29, 1.82) is 0 Å². The van der Waals surface area contributed by atoms with Gasteiger partial charge in [0.05, 0.1) is 11.1 Å². The number of hydrogen-bond donors (Lipinski definition) is 1. The maximum absolute atomic E-state index is 12.3. The minimum absolute atomic E-state index is 0.104. The molecule has 1 atom stereocenters. The zero-order chi connectivity index (χ0) is 15.9. The van der Waals surface area contributed by atoms with Gasteiger partial charge in [0.25, 0.3) is 17.7 Å². The second-order valence-corrected chi connectivity index (χ2v) is 4.84. The number of anilines is 1. The van der Waals surface area contributed by atoms with Crippen molar-refractivity contribution in [2.75, 3.05) is 12.8 Å². The molecule has 1 aromatic rings. The Morgan fingerprint density at radius 3 is 2.38 bits per heavy atom. The molecule has 0 saturated carbocycles. The van der Waals surface area contributed by atoms with Gasteiger partial charge in [-0.05, 0) is 19.1 Å². The predicted molar refractivity (Wildman–Crippen MR) is 74.3 cm³/mol. The number of nitrogens with two attached hydrogens (primary N) is 1. The summed E-state index contributed by atoms with van der Waals surface area (Å²) in [5, 5.41) is 0. The van der Waals surface area contributed by atoms with E-state index in [0.717, 1.165) is 9.80 Å². The van der Waals surface area contributed by atoms with Crippen LogP contribution >= 0.6 is 0 Å². The van der Waals surface area contributed by atoms with Gasteiger partial charge in [-0.25, -0.2) is 0 Å². The van der Waals surface area contributed by atoms with Crippen LogP contribution < -0.4 is 5.73 Å². The van der Waals surface area contributed by atoms with E-state index in [2.05, 4.69) is 0 Å². The van der Waals surface area contributed by atoms with Gasteiger partial charge in [0.1, 0.15) is 6.04 Å². The Labute approximate surface area is 121 Å². The molecule has 0 saturated heterocycles. The summed E-state index contributed by atoms with van der Waals surface area (Å²) in [7, 11) is 1.30. The van der Waals surface area contributed by atoms with E-state index in [0.29, 0.717) is 0 Å². The first-order valence-corrected chi connectivity index (χ1v) is 6.32. The van der Waals surface area contributed by atoms with Gasteiger partial charge in [-0.15, -0.1) is 0 Å². The van der Waals surface area contributed by atoms with Gasteiger partial charge in [0, 0.05) is 19.7 Å². The highest BCUT2D eigenvalue weighted by Gasteiger charge is 2.42. The van der Waals surface area contributed by atoms with Crippen LogP contribution in [0, 0.1) is 0 Å². The van der Waals surface area contributed by atoms with E-state index in [9.17, 15) is 19.2 Å². The molecule has 21 heavy (non-hydrogen) atoms. The Kier molecular flexibility index (Phi) is 3.51. The number of imide groups is 2. The number of carbonyl (C=O) groups excluding carboxylic acids is 4. The average Bonchev–Trinajstić information content (AvgIpc) is 2.69. The van der Waals surface area contributed by atoms with Crippen LogP contribution in [0.25, 0.3) is 0 Å². The zero-order valence-corrected chi connectivity index (χ0v) is 11.9. The molecule has 0 aromatic heterocycles. The molecule has 0 spiro atoms. The van der Waals surface area contributed by atoms with Crippen LogP contribution in [0.5, 0.6) is 0 Å². The van der Waals surface area contributed by atoms with Crippen LogP contribution in [0.4, 0.5) is 5.69 Å². The topological polar surface area (TPSA) is 101 Å².